The monoisotopic (exact) mass is 185 g/mol. The second kappa shape index (κ2) is 4.15. The number of pyridine rings is 1. The summed E-state index contributed by atoms with van der Waals surface area (Å²) in [7, 11) is 1.37. The maximum absolute atomic E-state index is 13.4. The van der Waals surface area contributed by atoms with Crippen molar-refractivity contribution in [2.75, 3.05) is 7.11 Å². The van der Waals surface area contributed by atoms with Crippen LogP contribution in [0, 0.1) is 5.82 Å². The molecule has 0 fully saturated rings. The van der Waals surface area contributed by atoms with Crippen LogP contribution in [0.5, 0.6) is 5.88 Å². The average Bonchev–Trinajstić information content (AvgIpc) is 2.17. The molecule has 0 aliphatic rings. The van der Waals surface area contributed by atoms with Gasteiger partial charge in [-0.05, 0) is 13.0 Å². The summed E-state index contributed by atoms with van der Waals surface area (Å²) in [5.41, 5.74) is 2.89. The second-order valence-electron chi connectivity index (χ2n) is 2.61. The topological polar surface area (TPSA) is 60.2 Å². The highest BCUT2D eigenvalue weighted by Gasteiger charge is 2.13. The summed E-state index contributed by atoms with van der Waals surface area (Å²) in [4.78, 5) is 3.71. The van der Waals surface area contributed by atoms with Crippen molar-refractivity contribution < 1.29 is 9.13 Å². The van der Waals surface area contributed by atoms with Gasteiger partial charge in [-0.25, -0.2) is 9.37 Å². The predicted octanol–water partition coefficient (Wildman–Crippen LogP) is 0.754. The van der Waals surface area contributed by atoms with Crippen LogP contribution in [0.25, 0.3) is 0 Å². The number of nitrogens with one attached hydrogen (secondary N) is 1. The van der Waals surface area contributed by atoms with Gasteiger partial charge < -0.3 is 4.74 Å². The van der Waals surface area contributed by atoms with E-state index in [4.69, 9.17) is 10.6 Å². The van der Waals surface area contributed by atoms with Crippen LogP contribution in [0.2, 0.25) is 0 Å². The Morgan fingerprint density at radius 2 is 2.38 bits per heavy atom. The summed E-state index contributed by atoms with van der Waals surface area (Å²) in [6.45, 7) is 1.75. The lowest BCUT2D eigenvalue weighted by molar-refractivity contribution is 0.363. The molecule has 4 nitrogen and oxygen atoms in total. The van der Waals surface area contributed by atoms with Crippen LogP contribution < -0.4 is 16.0 Å². The van der Waals surface area contributed by atoms with Crippen molar-refractivity contribution in [3.8, 4) is 5.88 Å². The van der Waals surface area contributed by atoms with Gasteiger partial charge in [0, 0.05) is 17.8 Å². The molecule has 1 aromatic rings. The number of hydrogen-bond acceptors (Lipinski definition) is 4. The van der Waals surface area contributed by atoms with Gasteiger partial charge in [0.25, 0.3) is 0 Å². The van der Waals surface area contributed by atoms with Gasteiger partial charge in [0.2, 0.25) is 5.88 Å². The maximum atomic E-state index is 13.4. The molecular formula is C8H12FN3O. The predicted molar refractivity (Wildman–Crippen MR) is 46.5 cm³/mol. The average molecular weight is 185 g/mol. The minimum atomic E-state index is -0.476. The summed E-state index contributed by atoms with van der Waals surface area (Å²) < 4.78 is 18.2. The zero-order valence-corrected chi connectivity index (χ0v) is 7.54. The van der Waals surface area contributed by atoms with Crippen LogP contribution in [-0.4, -0.2) is 12.1 Å². The highest BCUT2D eigenvalue weighted by atomic mass is 19.1. The molecule has 0 aromatic carbocycles. The molecule has 1 atom stereocenters. The van der Waals surface area contributed by atoms with Crippen molar-refractivity contribution in [3.63, 3.8) is 0 Å². The molecule has 0 radical (unpaired) electrons. The highest BCUT2D eigenvalue weighted by molar-refractivity contribution is 5.25. The number of nitrogens with zero attached hydrogens (tertiary/aromatic N) is 1. The van der Waals surface area contributed by atoms with Crippen LogP contribution in [0.3, 0.4) is 0 Å². The van der Waals surface area contributed by atoms with Crippen LogP contribution in [-0.2, 0) is 0 Å². The standard InChI is InChI=1S/C8H12FN3O/c1-5(12-10)6-3-4-11-8(13-2)7(6)9/h3-5,12H,10H2,1-2H3. The minimum absolute atomic E-state index is 0.0143. The van der Waals surface area contributed by atoms with Crippen molar-refractivity contribution in [2.45, 2.75) is 13.0 Å². The molecule has 0 aliphatic carbocycles. The van der Waals surface area contributed by atoms with Crippen molar-refractivity contribution in [1.82, 2.24) is 10.4 Å². The number of aromatic nitrogens is 1. The first-order chi connectivity index (χ1) is 6.20. The van der Waals surface area contributed by atoms with E-state index >= 15 is 0 Å². The number of halogens is 1. The van der Waals surface area contributed by atoms with Crippen molar-refractivity contribution in [3.05, 3.63) is 23.6 Å². The van der Waals surface area contributed by atoms with E-state index < -0.39 is 5.82 Å². The first-order valence-electron chi connectivity index (χ1n) is 3.85. The van der Waals surface area contributed by atoms with E-state index in [0.29, 0.717) is 5.56 Å². The normalized spacial score (nSPS) is 12.6. The third-order valence-corrected chi connectivity index (χ3v) is 1.80. The van der Waals surface area contributed by atoms with Crippen molar-refractivity contribution >= 4 is 0 Å². The smallest absolute Gasteiger partial charge is 0.250 e. The van der Waals surface area contributed by atoms with Crippen LogP contribution >= 0.6 is 0 Å². The third kappa shape index (κ3) is 1.93. The maximum Gasteiger partial charge on any atom is 0.250 e. The highest BCUT2D eigenvalue weighted by Crippen LogP contribution is 2.21. The molecule has 0 bridgehead atoms. The molecule has 1 rings (SSSR count). The summed E-state index contributed by atoms with van der Waals surface area (Å²) in [5, 5.41) is 0. The Hall–Kier alpha value is -1.20. The molecule has 0 spiro atoms. The fourth-order valence-electron chi connectivity index (χ4n) is 1.01. The Bertz CT molecular complexity index is 293. The number of hydrazine groups is 1. The molecule has 0 aliphatic heterocycles. The van der Waals surface area contributed by atoms with Crippen molar-refractivity contribution in [1.29, 1.82) is 0 Å². The minimum Gasteiger partial charge on any atom is -0.479 e. The Labute approximate surface area is 75.9 Å². The molecular weight excluding hydrogens is 173 g/mol. The molecule has 1 heterocycles. The molecule has 0 saturated carbocycles. The van der Waals surface area contributed by atoms with E-state index in [-0.39, 0.29) is 11.9 Å². The van der Waals surface area contributed by atoms with Gasteiger partial charge >= 0.3 is 0 Å². The van der Waals surface area contributed by atoms with Gasteiger partial charge in [-0.2, -0.15) is 0 Å². The van der Waals surface area contributed by atoms with Gasteiger partial charge in [-0.3, -0.25) is 11.3 Å². The Kier molecular flexibility index (Phi) is 3.16. The quantitative estimate of drug-likeness (QED) is 0.539. The molecule has 0 amide bonds. The SMILES string of the molecule is COc1nccc(C(C)NN)c1F. The molecule has 0 saturated heterocycles. The Morgan fingerprint density at radius 1 is 1.69 bits per heavy atom. The number of ether oxygens (including phenoxy) is 1. The van der Waals surface area contributed by atoms with E-state index in [0.717, 1.165) is 0 Å². The lowest BCUT2D eigenvalue weighted by atomic mass is 10.1. The van der Waals surface area contributed by atoms with E-state index in [1.165, 1.54) is 13.3 Å². The fourth-order valence-corrected chi connectivity index (χ4v) is 1.01. The van der Waals surface area contributed by atoms with Crippen LogP contribution in [0.1, 0.15) is 18.5 Å². The molecule has 3 N–H and O–H groups in total. The molecule has 5 heteroatoms. The van der Waals surface area contributed by atoms with Crippen molar-refractivity contribution in [2.24, 2.45) is 5.84 Å². The van der Waals surface area contributed by atoms with E-state index in [9.17, 15) is 4.39 Å². The van der Waals surface area contributed by atoms with Gasteiger partial charge in [0.1, 0.15) is 0 Å². The lowest BCUT2D eigenvalue weighted by Crippen LogP contribution is -2.26. The largest absolute Gasteiger partial charge is 0.479 e. The first kappa shape index (κ1) is 9.88. The fraction of sp³-hybridized carbons (Fsp3) is 0.375. The molecule has 1 aromatic heterocycles. The number of methoxy groups -OCH3 is 1. The summed E-state index contributed by atoms with van der Waals surface area (Å²) in [5.74, 6) is 4.70. The third-order valence-electron chi connectivity index (χ3n) is 1.80. The van der Waals surface area contributed by atoms with Gasteiger partial charge in [-0.1, -0.05) is 0 Å². The second-order valence-corrected chi connectivity index (χ2v) is 2.61. The first-order valence-corrected chi connectivity index (χ1v) is 3.85. The number of nitrogens with two attached hydrogens (primary N) is 1. The number of hydrogen-bond donors (Lipinski definition) is 2. The zero-order chi connectivity index (χ0) is 9.84. The molecule has 13 heavy (non-hydrogen) atoms. The lowest BCUT2D eigenvalue weighted by Gasteiger charge is -2.12. The Morgan fingerprint density at radius 3 is 2.92 bits per heavy atom. The van der Waals surface area contributed by atoms with Crippen LogP contribution in [0.15, 0.2) is 12.3 Å². The Balaban J connectivity index is 3.08. The van der Waals surface area contributed by atoms with Gasteiger partial charge in [-0.15, -0.1) is 0 Å². The molecule has 1 unspecified atom stereocenters. The summed E-state index contributed by atoms with van der Waals surface area (Å²) in [6, 6.07) is 1.29. The zero-order valence-electron chi connectivity index (χ0n) is 7.54. The van der Waals surface area contributed by atoms with E-state index in [1.807, 2.05) is 0 Å². The van der Waals surface area contributed by atoms with Gasteiger partial charge in [0.05, 0.1) is 7.11 Å². The van der Waals surface area contributed by atoms with E-state index in [2.05, 4.69) is 10.4 Å². The van der Waals surface area contributed by atoms with E-state index in [1.54, 1.807) is 13.0 Å². The summed E-state index contributed by atoms with van der Waals surface area (Å²) >= 11 is 0. The van der Waals surface area contributed by atoms with Gasteiger partial charge in [0.15, 0.2) is 5.82 Å². The molecule has 72 valence electrons. The summed E-state index contributed by atoms with van der Waals surface area (Å²) in [6.07, 6.45) is 1.48. The van der Waals surface area contributed by atoms with Crippen LogP contribution in [0.4, 0.5) is 4.39 Å². The number of rotatable bonds is 3.